The van der Waals surface area contributed by atoms with Gasteiger partial charge >= 0.3 is 0 Å². The number of hydrogen-bond acceptors (Lipinski definition) is 6. The smallest absolute Gasteiger partial charge is 0.243 e. The molecule has 3 N–H and O–H groups in total. The maximum Gasteiger partial charge on any atom is 0.243 e. The van der Waals surface area contributed by atoms with Crippen molar-refractivity contribution in [2.45, 2.75) is 17.4 Å². The quantitative estimate of drug-likeness (QED) is 0.204. The lowest BCUT2D eigenvalue weighted by molar-refractivity contribution is -0.123. The van der Waals surface area contributed by atoms with E-state index >= 15 is 0 Å². The standard InChI is InChI=1S/C30H23ClN2O4S/c1-2-18-13-21(16-32-15-18)19-5-9-23(10-6-19)33-28(25-12-11-24(34)14-26(25)35)29(30(33)37)38-17-27(36)20-3-7-22(31)8-4-20/h1,3-16,27-29,34-36H,17H2/t27-,28+,29+/m0/s1. The molecule has 0 aliphatic carbocycles. The largest absolute Gasteiger partial charge is 0.508 e. The van der Waals surface area contributed by atoms with Crippen LogP contribution in [0.3, 0.4) is 0 Å². The van der Waals surface area contributed by atoms with Crippen molar-refractivity contribution in [3.8, 4) is 35.0 Å². The molecule has 2 heterocycles. The molecule has 3 aromatic carbocycles. The lowest BCUT2D eigenvalue weighted by atomic mass is 9.91. The number of carbonyl (C=O) groups is 1. The molecular formula is C30H23ClN2O4S. The predicted molar refractivity (Wildman–Crippen MR) is 150 cm³/mol. The Hall–Kier alpha value is -3.96. The molecule has 1 fully saturated rings. The van der Waals surface area contributed by atoms with Crippen LogP contribution in [0.1, 0.15) is 28.8 Å². The molecule has 38 heavy (non-hydrogen) atoms. The Labute approximate surface area is 229 Å². The zero-order chi connectivity index (χ0) is 26.8. The molecule has 1 saturated heterocycles. The molecule has 3 atom stereocenters. The van der Waals surface area contributed by atoms with Crippen LogP contribution in [-0.4, -0.2) is 37.2 Å². The molecule has 1 amide bonds. The van der Waals surface area contributed by atoms with Crippen LogP contribution in [0.2, 0.25) is 5.02 Å². The fourth-order valence-electron chi connectivity index (χ4n) is 4.46. The summed E-state index contributed by atoms with van der Waals surface area (Å²) in [7, 11) is 0. The van der Waals surface area contributed by atoms with Crippen LogP contribution in [-0.2, 0) is 4.79 Å². The number of aliphatic hydroxyl groups excluding tert-OH is 1. The number of aromatic nitrogens is 1. The van der Waals surface area contributed by atoms with Gasteiger partial charge in [0.15, 0.2) is 0 Å². The van der Waals surface area contributed by atoms with E-state index in [1.807, 2.05) is 30.3 Å². The summed E-state index contributed by atoms with van der Waals surface area (Å²) >= 11 is 7.27. The summed E-state index contributed by atoms with van der Waals surface area (Å²) in [5.74, 6) is 2.54. The minimum absolute atomic E-state index is 0.0713. The summed E-state index contributed by atoms with van der Waals surface area (Å²) < 4.78 is 0. The van der Waals surface area contributed by atoms with E-state index < -0.39 is 17.4 Å². The first kappa shape index (κ1) is 25.7. The van der Waals surface area contributed by atoms with Gasteiger partial charge in [0.05, 0.1) is 12.1 Å². The Morgan fingerprint density at radius 3 is 2.42 bits per heavy atom. The molecule has 0 unspecified atom stereocenters. The van der Waals surface area contributed by atoms with Crippen molar-refractivity contribution < 1.29 is 20.1 Å². The molecule has 0 spiro atoms. The van der Waals surface area contributed by atoms with Crippen LogP contribution in [0.25, 0.3) is 11.1 Å². The van der Waals surface area contributed by atoms with Gasteiger partial charge in [-0.2, -0.15) is 0 Å². The molecule has 0 saturated carbocycles. The number of terminal acetylenes is 1. The van der Waals surface area contributed by atoms with Gasteiger partial charge in [-0.25, -0.2) is 0 Å². The summed E-state index contributed by atoms with van der Waals surface area (Å²) in [6.45, 7) is 0. The van der Waals surface area contributed by atoms with Gasteiger partial charge in [-0.15, -0.1) is 18.2 Å². The van der Waals surface area contributed by atoms with Gasteiger partial charge in [-0.05, 0) is 53.6 Å². The van der Waals surface area contributed by atoms with Gasteiger partial charge < -0.3 is 20.2 Å². The Morgan fingerprint density at radius 2 is 1.74 bits per heavy atom. The highest BCUT2D eigenvalue weighted by Gasteiger charge is 2.50. The molecule has 4 aromatic rings. The number of benzene rings is 3. The maximum atomic E-state index is 13.4. The number of halogens is 1. The average molecular weight is 543 g/mol. The van der Waals surface area contributed by atoms with E-state index in [-0.39, 0.29) is 23.2 Å². The second kappa shape index (κ2) is 10.8. The third-order valence-electron chi connectivity index (χ3n) is 6.45. The Bertz CT molecular complexity index is 1520. The second-order valence-corrected chi connectivity index (χ2v) is 10.5. The highest BCUT2D eigenvalue weighted by Crippen LogP contribution is 2.48. The van der Waals surface area contributed by atoms with Crippen LogP contribution < -0.4 is 4.90 Å². The zero-order valence-electron chi connectivity index (χ0n) is 20.0. The number of anilines is 1. The van der Waals surface area contributed by atoms with E-state index in [4.69, 9.17) is 18.0 Å². The van der Waals surface area contributed by atoms with Gasteiger partial charge in [-0.3, -0.25) is 9.78 Å². The second-order valence-electron chi connectivity index (χ2n) is 8.87. The number of β-lactam (4-membered cyclic amide) rings is 1. The van der Waals surface area contributed by atoms with Gasteiger partial charge in [0.2, 0.25) is 5.91 Å². The third-order valence-corrected chi connectivity index (χ3v) is 8.03. The molecule has 1 aliphatic heterocycles. The number of nitrogens with zero attached hydrogens (tertiary/aromatic N) is 2. The van der Waals surface area contributed by atoms with Crippen molar-refractivity contribution in [2.24, 2.45) is 0 Å². The molecule has 190 valence electrons. The van der Waals surface area contributed by atoms with Gasteiger partial charge in [0.1, 0.15) is 16.7 Å². The Morgan fingerprint density at radius 1 is 1.00 bits per heavy atom. The number of carbonyl (C=O) groups excluding carboxylic acids is 1. The topological polar surface area (TPSA) is 93.9 Å². The van der Waals surface area contributed by atoms with Crippen molar-refractivity contribution in [1.82, 2.24) is 4.98 Å². The molecular weight excluding hydrogens is 520 g/mol. The monoisotopic (exact) mass is 542 g/mol. The number of aromatic hydroxyl groups is 2. The zero-order valence-corrected chi connectivity index (χ0v) is 21.6. The predicted octanol–water partition coefficient (Wildman–Crippen LogP) is 5.72. The normalized spacial score (nSPS) is 17.5. The van der Waals surface area contributed by atoms with E-state index in [9.17, 15) is 20.1 Å². The molecule has 8 heteroatoms. The van der Waals surface area contributed by atoms with Crippen molar-refractivity contribution in [1.29, 1.82) is 0 Å². The maximum absolute atomic E-state index is 13.4. The molecule has 0 bridgehead atoms. The molecule has 0 radical (unpaired) electrons. The van der Waals surface area contributed by atoms with Crippen LogP contribution in [0.15, 0.2) is 85.2 Å². The number of amides is 1. The average Bonchev–Trinajstić information content (AvgIpc) is 2.93. The van der Waals surface area contributed by atoms with Crippen molar-refractivity contribution >= 4 is 35.0 Å². The van der Waals surface area contributed by atoms with Gasteiger partial charge in [0.25, 0.3) is 0 Å². The van der Waals surface area contributed by atoms with E-state index in [0.717, 1.165) is 11.1 Å². The summed E-state index contributed by atoms with van der Waals surface area (Å²) in [5.41, 5.74) is 4.30. The summed E-state index contributed by atoms with van der Waals surface area (Å²) in [6.07, 6.45) is 8.04. The first-order chi connectivity index (χ1) is 18.4. The number of pyridine rings is 1. The van der Waals surface area contributed by atoms with Crippen molar-refractivity contribution in [2.75, 3.05) is 10.7 Å². The van der Waals surface area contributed by atoms with E-state index in [0.29, 0.717) is 27.4 Å². The number of phenols is 2. The van der Waals surface area contributed by atoms with Crippen LogP contribution >= 0.6 is 23.4 Å². The van der Waals surface area contributed by atoms with E-state index in [2.05, 4.69) is 10.9 Å². The fraction of sp³-hybridized carbons (Fsp3) is 0.133. The van der Waals surface area contributed by atoms with E-state index in [1.54, 1.807) is 47.6 Å². The fourth-order valence-corrected chi connectivity index (χ4v) is 5.88. The lowest BCUT2D eigenvalue weighted by Gasteiger charge is -2.47. The van der Waals surface area contributed by atoms with Crippen molar-refractivity contribution in [3.05, 3.63) is 107 Å². The first-order valence-electron chi connectivity index (χ1n) is 11.8. The SMILES string of the molecule is C#Cc1cncc(-c2ccc(N3C(=O)[C@H](SC[C@H](O)c4ccc(Cl)cc4)[C@H]3c3ccc(O)cc3O)cc2)c1. The summed E-state index contributed by atoms with van der Waals surface area (Å²) in [4.78, 5) is 19.2. The number of hydrogen-bond donors (Lipinski definition) is 3. The Balaban J connectivity index is 1.41. The highest BCUT2D eigenvalue weighted by atomic mass is 35.5. The molecule has 5 rings (SSSR count). The molecule has 1 aromatic heterocycles. The first-order valence-corrected chi connectivity index (χ1v) is 13.2. The number of rotatable bonds is 7. The van der Waals surface area contributed by atoms with Gasteiger partial charge in [0, 0.05) is 51.6 Å². The third kappa shape index (κ3) is 5.07. The highest BCUT2D eigenvalue weighted by molar-refractivity contribution is 8.00. The molecule has 1 aliphatic rings. The molecule has 6 nitrogen and oxygen atoms in total. The van der Waals surface area contributed by atoms with E-state index in [1.165, 1.54) is 23.9 Å². The van der Waals surface area contributed by atoms with Crippen LogP contribution in [0.5, 0.6) is 11.5 Å². The Kier molecular flexibility index (Phi) is 7.30. The minimum Gasteiger partial charge on any atom is -0.508 e. The lowest BCUT2D eigenvalue weighted by Crippen LogP contribution is -2.57. The number of phenolic OH excluding ortho intramolecular Hbond substituents is 2. The van der Waals surface area contributed by atoms with Gasteiger partial charge in [-0.1, -0.05) is 41.8 Å². The van der Waals surface area contributed by atoms with Crippen LogP contribution in [0.4, 0.5) is 5.69 Å². The summed E-state index contributed by atoms with van der Waals surface area (Å²) in [6, 6.07) is 20.1. The summed E-state index contributed by atoms with van der Waals surface area (Å²) in [5, 5.41) is 31.2. The van der Waals surface area contributed by atoms with Crippen molar-refractivity contribution in [3.63, 3.8) is 0 Å². The van der Waals surface area contributed by atoms with Crippen LogP contribution in [0, 0.1) is 12.3 Å². The number of aliphatic hydroxyl groups is 1. The minimum atomic E-state index is -0.792. The number of thioether (sulfide) groups is 1.